The first-order valence-electron chi connectivity index (χ1n) is 8.35. The molecular weight excluding hydrogens is 338 g/mol. The average Bonchev–Trinajstić information content (AvgIpc) is 3.22. The van der Waals surface area contributed by atoms with E-state index in [1.165, 1.54) is 0 Å². The van der Waals surface area contributed by atoms with Gasteiger partial charge in [-0.25, -0.2) is 4.98 Å². The summed E-state index contributed by atoms with van der Waals surface area (Å²) in [5.74, 6) is 0.202. The van der Waals surface area contributed by atoms with E-state index in [-0.39, 0.29) is 12.0 Å². The maximum atomic E-state index is 12.4. The molecule has 0 saturated carbocycles. The number of rotatable bonds is 3. The summed E-state index contributed by atoms with van der Waals surface area (Å²) < 4.78 is 12.3. The van der Waals surface area contributed by atoms with Crippen molar-refractivity contribution in [3.05, 3.63) is 41.3 Å². The van der Waals surface area contributed by atoms with E-state index in [0.717, 1.165) is 28.6 Å². The van der Waals surface area contributed by atoms with Gasteiger partial charge >= 0.3 is 0 Å². The minimum absolute atomic E-state index is 0.0846. The van der Waals surface area contributed by atoms with Gasteiger partial charge in [-0.1, -0.05) is 28.6 Å². The van der Waals surface area contributed by atoms with Gasteiger partial charge in [-0.15, -0.1) is 0 Å². The minimum atomic E-state index is -0.102. The van der Waals surface area contributed by atoms with Crippen LogP contribution in [0.1, 0.15) is 34.7 Å². The Morgan fingerprint density at radius 1 is 1.32 bits per heavy atom. The Labute approximate surface area is 149 Å². The first-order chi connectivity index (χ1) is 12.1. The van der Waals surface area contributed by atoms with Crippen molar-refractivity contribution in [2.24, 2.45) is 0 Å². The number of ether oxygens (including phenoxy) is 1. The van der Waals surface area contributed by atoms with Gasteiger partial charge in [0.05, 0.1) is 15.9 Å². The minimum Gasteiger partial charge on any atom is -0.467 e. The molecule has 1 aliphatic rings. The zero-order chi connectivity index (χ0) is 17.4. The number of benzene rings is 1. The number of carbonyl (C=O) groups is 1. The third-order valence-electron chi connectivity index (χ3n) is 4.44. The largest absolute Gasteiger partial charge is 0.467 e. The SMILES string of the molecule is Cc1cc(C(=O)N2CCC(Oc3nc4c(C)cccc4s3)CC2)on1. The first-order valence-corrected chi connectivity index (χ1v) is 9.17. The molecule has 130 valence electrons. The molecule has 25 heavy (non-hydrogen) atoms. The van der Waals surface area contributed by atoms with Crippen LogP contribution < -0.4 is 4.74 Å². The van der Waals surface area contributed by atoms with E-state index in [0.29, 0.717) is 29.7 Å². The number of aromatic nitrogens is 2. The number of hydrogen-bond donors (Lipinski definition) is 0. The Hall–Kier alpha value is -2.41. The molecule has 0 aliphatic carbocycles. The monoisotopic (exact) mass is 357 g/mol. The van der Waals surface area contributed by atoms with Crippen LogP contribution in [0.4, 0.5) is 0 Å². The number of para-hydroxylation sites is 1. The lowest BCUT2D eigenvalue weighted by atomic mass is 10.1. The van der Waals surface area contributed by atoms with E-state index < -0.39 is 0 Å². The second-order valence-corrected chi connectivity index (χ2v) is 7.34. The van der Waals surface area contributed by atoms with Crippen LogP contribution in [-0.4, -0.2) is 40.1 Å². The molecule has 0 N–H and O–H groups in total. The topological polar surface area (TPSA) is 68.5 Å². The number of thiazole rings is 1. The van der Waals surface area contributed by atoms with Crippen molar-refractivity contribution in [1.29, 1.82) is 0 Å². The molecular formula is C18H19N3O3S. The molecule has 4 rings (SSSR count). The molecule has 6 nitrogen and oxygen atoms in total. The van der Waals surface area contributed by atoms with Crippen LogP contribution >= 0.6 is 11.3 Å². The van der Waals surface area contributed by atoms with Gasteiger partial charge in [0.25, 0.3) is 11.1 Å². The van der Waals surface area contributed by atoms with Crippen LogP contribution in [0, 0.1) is 13.8 Å². The van der Waals surface area contributed by atoms with Gasteiger partial charge in [-0.2, -0.15) is 0 Å². The van der Waals surface area contributed by atoms with Gasteiger partial charge in [-0.05, 0) is 25.5 Å². The molecule has 0 bridgehead atoms. The Morgan fingerprint density at radius 2 is 2.12 bits per heavy atom. The number of likely N-dealkylation sites (tertiary alicyclic amines) is 1. The van der Waals surface area contributed by atoms with Crippen LogP contribution in [0.15, 0.2) is 28.8 Å². The fourth-order valence-electron chi connectivity index (χ4n) is 3.06. The van der Waals surface area contributed by atoms with E-state index in [1.807, 2.05) is 6.07 Å². The van der Waals surface area contributed by atoms with E-state index in [9.17, 15) is 4.79 Å². The molecule has 0 radical (unpaired) electrons. The molecule has 0 atom stereocenters. The number of carbonyl (C=O) groups excluding carboxylic acids is 1. The van der Waals surface area contributed by atoms with Gasteiger partial charge in [0.15, 0.2) is 0 Å². The van der Waals surface area contributed by atoms with Crippen LogP contribution in [0.3, 0.4) is 0 Å². The van der Waals surface area contributed by atoms with Gasteiger partial charge in [0, 0.05) is 32.0 Å². The van der Waals surface area contributed by atoms with E-state index >= 15 is 0 Å². The summed E-state index contributed by atoms with van der Waals surface area (Å²) in [4.78, 5) is 18.8. The van der Waals surface area contributed by atoms with Gasteiger partial charge in [0.1, 0.15) is 6.10 Å². The first kappa shape index (κ1) is 16.1. The Kier molecular flexibility index (Phi) is 4.17. The van der Waals surface area contributed by atoms with Gasteiger partial charge in [0.2, 0.25) is 5.76 Å². The van der Waals surface area contributed by atoms with E-state index in [4.69, 9.17) is 9.26 Å². The predicted octanol–water partition coefficient (Wildman–Crippen LogP) is 3.58. The summed E-state index contributed by atoms with van der Waals surface area (Å²) >= 11 is 1.57. The Morgan fingerprint density at radius 3 is 2.80 bits per heavy atom. The average molecular weight is 357 g/mol. The summed E-state index contributed by atoms with van der Waals surface area (Å²) in [5.41, 5.74) is 2.88. The number of amides is 1. The Bertz CT molecular complexity index is 909. The molecule has 7 heteroatoms. The molecule has 2 aromatic heterocycles. The number of aryl methyl sites for hydroxylation is 2. The third kappa shape index (κ3) is 3.24. The van der Waals surface area contributed by atoms with E-state index in [1.54, 1.807) is 29.2 Å². The smallest absolute Gasteiger partial charge is 0.292 e. The molecule has 3 heterocycles. The number of hydrogen-bond acceptors (Lipinski definition) is 6. The lowest BCUT2D eigenvalue weighted by Crippen LogP contribution is -2.41. The normalized spacial score (nSPS) is 15.7. The van der Waals surface area contributed by atoms with Crippen molar-refractivity contribution in [3.8, 4) is 5.19 Å². The number of fused-ring (bicyclic) bond motifs is 1. The van der Waals surface area contributed by atoms with Gasteiger partial charge < -0.3 is 14.2 Å². The summed E-state index contributed by atoms with van der Waals surface area (Å²) in [6, 6.07) is 7.83. The fourth-order valence-corrected chi connectivity index (χ4v) is 4.01. The highest BCUT2D eigenvalue weighted by molar-refractivity contribution is 7.20. The van der Waals surface area contributed by atoms with Crippen molar-refractivity contribution in [1.82, 2.24) is 15.0 Å². The molecule has 1 saturated heterocycles. The summed E-state index contributed by atoms with van der Waals surface area (Å²) in [6.45, 7) is 5.15. The van der Waals surface area contributed by atoms with Crippen LogP contribution in [0.2, 0.25) is 0 Å². The highest BCUT2D eigenvalue weighted by Crippen LogP contribution is 2.31. The Balaban J connectivity index is 1.38. The molecule has 1 fully saturated rings. The molecule has 3 aromatic rings. The molecule has 1 aliphatic heterocycles. The number of nitrogens with zero attached hydrogens (tertiary/aromatic N) is 3. The van der Waals surface area contributed by atoms with Crippen LogP contribution in [0.5, 0.6) is 5.19 Å². The highest BCUT2D eigenvalue weighted by Gasteiger charge is 2.27. The third-order valence-corrected chi connectivity index (χ3v) is 5.35. The lowest BCUT2D eigenvalue weighted by Gasteiger charge is -2.30. The molecule has 0 unspecified atom stereocenters. The van der Waals surface area contributed by atoms with Crippen LogP contribution in [-0.2, 0) is 0 Å². The second kappa shape index (κ2) is 6.48. The molecule has 1 amide bonds. The van der Waals surface area contributed by atoms with Crippen molar-refractivity contribution in [3.63, 3.8) is 0 Å². The van der Waals surface area contributed by atoms with Crippen LogP contribution in [0.25, 0.3) is 10.2 Å². The highest BCUT2D eigenvalue weighted by atomic mass is 32.1. The second-order valence-electron chi connectivity index (χ2n) is 6.34. The predicted molar refractivity (Wildman–Crippen MR) is 95.2 cm³/mol. The standard InChI is InChI=1S/C18H19N3O3S/c1-11-4-3-5-15-16(11)19-18(25-15)23-13-6-8-21(9-7-13)17(22)14-10-12(2)20-24-14/h3-5,10,13H,6-9H2,1-2H3. The lowest BCUT2D eigenvalue weighted by molar-refractivity contribution is 0.0558. The zero-order valence-electron chi connectivity index (χ0n) is 14.2. The molecule has 0 spiro atoms. The quantitative estimate of drug-likeness (QED) is 0.716. The van der Waals surface area contributed by atoms with Crippen molar-refractivity contribution < 1.29 is 14.1 Å². The maximum Gasteiger partial charge on any atom is 0.292 e. The van der Waals surface area contributed by atoms with Crippen molar-refractivity contribution in [2.75, 3.05) is 13.1 Å². The maximum absolute atomic E-state index is 12.4. The summed E-state index contributed by atoms with van der Waals surface area (Å²) in [5, 5.41) is 4.49. The molecule has 1 aromatic carbocycles. The van der Waals surface area contributed by atoms with Crippen molar-refractivity contribution in [2.45, 2.75) is 32.8 Å². The van der Waals surface area contributed by atoms with E-state index in [2.05, 4.69) is 29.2 Å². The van der Waals surface area contributed by atoms with Crippen molar-refractivity contribution >= 4 is 27.5 Å². The zero-order valence-corrected chi connectivity index (χ0v) is 15.0. The number of piperidine rings is 1. The summed E-state index contributed by atoms with van der Waals surface area (Å²) in [6.07, 6.45) is 1.66. The van der Waals surface area contributed by atoms with Gasteiger partial charge in [-0.3, -0.25) is 4.79 Å². The summed E-state index contributed by atoms with van der Waals surface area (Å²) in [7, 11) is 0. The fraction of sp³-hybridized carbons (Fsp3) is 0.389.